The third-order valence-corrected chi connectivity index (χ3v) is 4.06. The summed E-state index contributed by atoms with van der Waals surface area (Å²) in [6, 6.07) is 3.87. The summed E-state index contributed by atoms with van der Waals surface area (Å²) < 4.78 is 63.5. The van der Waals surface area contributed by atoms with E-state index in [1.807, 2.05) is 0 Å². The van der Waals surface area contributed by atoms with Gasteiger partial charge >= 0.3 is 10.4 Å². The van der Waals surface area contributed by atoms with Gasteiger partial charge in [0.05, 0.1) is 24.3 Å². The molecule has 11 heteroatoms. The molecule has 1 aromatic rings. The van der Waals surface area contributed by atoms with Crippen LogP contribution in [-0.2, 0) is 24.6 Å². The lowest BCUT2D eigenvalue weighted by Crippen LogP contribution is -2.28. The average molecular weight is 326 g/mol. The largest absolute Gasteiger partial charge is 0.495 e. The number of ether oxygens (including phenoxy) is 1. The van der Waals surface area contributed by atoms with E-state index in [4.69, 9.17) is 15.0 Å². The standard InChI is InChI=1S/C9H14N2O7S2/c1-17-9-3-2-7(6-8(9)10)19(12,13)11-4-5-18-20(14,15)16/h2-3,6,11H,4-5,10H2,1H3,(H,14,15,16). The summed E-state index contributed by atoms with van der Waals surface area (Å²) in [4.78, 5) is -0.109. The second-order valence-electron chi connectivity index (χ2n) is 3.55. The number of sulfonamides is 1. The Labute approximate surface area is 116 Å². The zero-order valence-corrected chi connectivity index (χ0v) is 12.1. The van der Waals surface area contributed by atoms with Crippen molar-refractivity contribution in [2.45, 2.75) is 4.90 Å². The summed E-state index contributed by atoms with van der Waals surface area (Å²) in [6.07, 6.45) is 0. The fourth-order valence-electron chi connectivity index (χ4n) is 1.29. The number of nitrogens with one attached hydrogen (secondary N) is 1. The first kappa shape index (κ1) is 16.7. The zero-order valence-electron chi connectivity index (χ0n) is 10.4. The molecule has 0 aromatic heterocycles. The number of hydrogen-bond donors (Lipinski definition) is 3. The van der Waals surface area contributed by atoms with E-state index < -0.39 is 27.0 Å². The molecular weight excluding hydrogens is 312 g/mol. The lowest BCUT2D eigenvalue weighted by molar-refractivity contribution is 0.272. The van der Waals surface area contributed by atoms with Gasteiger partial charge in [0.25, 0.3) is 0 Å². The minimum absolute atomic E-state index is 0.109. The maximum atomic E-state index is 11.8. The predicted octanol–water partition coefficient (Wildman–Crippen LogP) is -0.625. The van der Waals surface area contributed by atoms with Gasteiger partial charge in [-0.05, 0) is 18.2 Å². The molecule has 114 valence electrons. The van der Waals surface area contributed by atoms with Crippen LogP contribution in [0.25, 0.3) is 0 Å². The van der Waals surface area contributed by atoms with Gasteiger partial charge in [0.15, 0.2) is 0 Å². The van der Waals surface area contributed by atoms with Crippen LogP contribution in [0, 0.1) is 0 Å². The van der Waals surface area contributed by atoms with Gasteiger partial charge in [-0.15, -0.1) is 0 Å². The van der Waals surface area contributed by atoms with E-state index in [0.29, 0.717) is 5.75 Å². The monoisotopic (exact) mass is 326 g/mol. The van der Waals surface area contributed by atoms with Crippen LogP contribution < -0.4 is 15.2 Å². The molecule has 0 unspecified atom stereocenters. The van der Waals surface area contributed by atoms with Crippen LogP contribution in [0.1, 0.15) is 0 Å². The zero-order chi connectivity index (χ0) is 15.4. The Kier molecular flexibility index (Phi) is 5.30. The normalized spacial score (nSPS) is 12.3. The van der Waals surface area contributed by atoms with Crippen molar-refractivity contribution < 1.29 is 30.3 Å². The number of nitrogen functional groups attached to an aromatic ring is 1. The third-order valence-electron chi connectivity index (χ3n) is 2.14. The lowest BCUT2D eigenvalue weighted by Gasteiger charge is -2.09. The Morgan fingerprint density at radius 1 is 1.30 bits per heavy atom. The molecule has 0 aliphatic carbocycles. The molecule has 1 aromatic carbocycles. The number of methoxy groups -OCH3 is 1. The highest BCUT2D eigenvalue weighted by molar-refractivity contribution is 7.89. The quantitative estimate of drug-likeness (QED) is 0.341. The first-order valence-electron chi connectivity index (χ1n) is 5.21. The van der Waals surface area contributed by atoms with Gasteiger partial charge in [-0.1, -0.05) is 0 Å². The molecule has 0 aliphatic rings. The average Bonchev–Trinajstić information content (AvgIpc) is 2.33. The molecule has 0 fully saturated rings. The van der Waals surface area contributed by atoms with Crippen molar-refractivity contribution in [3.05, 3.63) is 18.2 Å². The molecule has 0 aliphatic heterocycles. The smallest absolute Gasteiger partial charge is 0.397 e. The molecular formula is C9H14N2O7S2. The van der Waals surface area contributed by atoms with Gasteiger partial charge in [0.2, 0.25) is 10.0 Å². The minimum Gasteiger partial charge on any atom is -0.495 e. The number of hydrogen-bond acceptors (Lipinski definition) is 7. The van der Waals surface area contributed by atoms with Crippen molar-refractivity contribution in [3.63, 3.8) is 0 Å². The van der Waals surface area contributed by atoms with Crippen molar-refractivity contribution in [3.8, 4) is 5.75 Å². The van der Waals surface area contributed by atoms with Crippen molar-refractivity contribution >= 4 is 26.1 Å². The topological polar surface area (TPSA) is 145 Å². The molecule has 20 heavy (non-hydrogen) atoms. The van der Waals surface area contributed by atoms with E-state index in [-0.39, 0.29) is 17.1 Å². The second-order valence-corrected chi connectivity index (χ2v) is 6.41. The molecule has 0 heterocycles. The maximum absolute atomic E-state index is 11.8. The van der Waals surface area contributed by atoms with Crippen LogP contribution in [0.3, 0.4) is 0 Å². The first-order chi connectivity index (χ1) is 9.15. The van der Waals surface area contributed by atoms with Crippen molar-refractivity contribution in [2.75, 3.05) is 26.0 Å². The molecule has 9 nitrogen and oxygen atoms in total. The highest BCUT2D eigenvalue weighted by Gasteiger charge is 2.15. The lowest BCUT2D eigenvalue weighted by atomic mass is 10.3. The predicted molar refractivity (Wildman–Crippen MR) is 70.1 cm³/mol. The molecule has 0 radical (unpaired) electrons. The molecule has 0 saturated heterocycles. The van der Waals surface area contributed by atoms with E-state index >= 15 is 0 Å². The fourth-order valence-corrected chi connectivity index (χ4v) is 2.63. The van der Waals surface area contributed by atoms with Gasteiger partial charge in [0, 0.05) is 6.54 Å². The van der Waals surface area contributed by atoms with Crippen LogP contribution in [0.4, 0.5) is 5.69 Å². The summed E-state index contributed by atoms with van der Waals surface area (Å²) in [5, 5.41) is 0. The molecule has 0 amide bonds. The fraction of sp³-hybridized carbons (Fsp3) is 0.333. The van der Waals surface area contributed by atoms with Gasteiger partial charge in [-0.3, -0.25) is 4.55 Å². The Morgan fingerprint density at radius 3 is 2.45 bits per heavy atom. The van der Waals surface area contributed by atoms with Gasteiger partial charge < -0.3 is 10.5 Å². The molecule has 4 N–H and O–H groups in total. The summed E-state index contributed by atoms with van der Waals surface area (Å²) in [7, 11) is -7.07. The summed E-state index contributed by atoms with van der Waals surface area (Å²) in [5.41, 5.74) is 5.73. The van der Waals surface area contributed by atoms with Crippen LogP contribution in [0.2, 0.25) is 0 Å². The Balaban J connectivity index is 2.72. The SMILES string of the molecule is COc1ccc(S(=O)(=O)NCCOS(=O)(=O)O)cc1N. The van der Waals surface area contributed by atoms with Gasteiger partial charge in [-0.25, -0.2) is 17.3 Å². The van der Waals surface area contributed by atoms with Crippen LogP contribution in [-0.4, -0.2) is 41.6 Å². The second kappa shape index (κ2) is 6.37. The first-order valence-corrected chi connectivity index (χ1v) is 8.05. The number of nitrogens with two attached hydrogens (primary N) is 1. The molecule has 0 bridgehead atoms. The highest BCUT2D eigenvalue weighted by Crippen LogP contribution is 2.24. The van der Waals surface area contributed by atoms with E-state index in [1.54, 1.807) is 0 Å². The Bertz CT molecular complexity index is 670. The number of anilines is 1. The van der Waals surface area contributed by atoms with Gasteiger partial charge in [-0.2, -0.15) is 8.42 Å². The summed E-state index contributed by atoms with van der Waals surface area (Å²) in [5.74, 6) is 0.332. The van der Waals surface area contributed by atoms with Crippen molar-refractivity contribution in [1.29, 1.82) is 0 Å². The highest BCUT2D eigenvalue weighted by atomic mass is 32.3. The molecule has 0 spiro atoms. The minimum atomic E-state index is -4.59. The number of rotatable bonds is 7. The maximum Gasteiger partial charge on any atom is 0.397 e. The molecule has 0 saturated carbocycles. The molecule has 0 atom stereocenters. The molecule has 1 rings (SSSR count). The van der Waals surface area contributed by atoms with E-state index in [1.165, 1.54) is 25.3 Å². The van der Waals surface area contributed by atoms with E-state index in [2.05, 4.69) is 8.91 Å². The van der Waals surface area contributed by atoms with Crippen molar-refractivity contribution in [1.82, 2.24) is 4.72 Å². The Hall–Kier alpha value is -1.40. The van der Waals surface area contributed by atoms with Gasteiger partial charge in [0.1, 0.15) is 5.75 Å². The van der Waals surface area contributed by atoms with Crippen LogP contribution in [0.5, 0.6) is 5.75 Å². The van der Waals surface area contributed by atoms with Crippen LogP contribution in [0.15, 0.2) is 23.1 Å². The summed E-state index contributed by atoms with van der Waals surface area (Å²) in [6.45, 7) is -0.877. The van der Waals surface area contributed by atoms with Crippen LogP contribution >= 0.6 is 0 Å². The number of benzene rings is 1. The summed E-state index contributed by atoms with van der Waals surface area (Å²) >= 11 is 0. The van der Waals surface area contributed by atoms with E-state index in [9.17, 15) is 16.8 Å². The third kappa shape index (κ3) is 4.94. The van der Waals surface area contributed by atoms with Crippen molar-refractivity contribution in [2.24, 2.45) is 0 Å². The Morgan fingerprint density at radius 2 is 1.95 bits per heavy atom. The van der Waals surface area contributed by atoms with E-state index in [0.717, 1.165) is 0 Å².